The smallest absolute Gasteiger partial charge is 0.232 e. The normalized spacial score (nSPS) is 14.8. The van der Waals surface area contributed by atoms with Gasteiger partial charge in [-0.1, -0.05) is 27.5 Å². The van der Waals surface area contributed by atoms with E-state index >= 15 is 0 Å². The Kier molecular flexibility index (Phi) is 7.15. The van der Waals surface area contributed by atoms with Gasteiger partial charge in [0.2, 0.25) is 11.8 Å². The Morgan fingerprint density at radius 2 is 1.89 bits per heavy atom. The molecule has 0 saturated carbocycles. The maximum absolute atomic E-state index is 12.4. The van der Waals surface area contributed by atoms with Gasteiger partial charge in [-0.25, -0.2) is 4.98 Å². The number of hydrogen-bond donors (Lipinski definition) is 1. The van der Waals surface area contributed by atoms with Gasteiger partial charge < -0.3 is 10.2 Å². The Morgan fingerprint density at radius 3 is 2.52 bits per heavy atom. The van der Waals surface area contributed by atoms with Crippen molar-refractivity contribution in [2.24, 2.45) is 5.92 Å². The van der Waals surface area contributed by atoms with Gasteiger partial charge in [-0.2, -0.15) is 0 Å². The second kappa shape index (κ2) is 9.57. The van der Waals surface area contributed by atoms with Crippen molar-refractivity contribution in [3.05, 3.63) is 52.1 Å². The van der Waals surface area contributed by atoms with Crippen molar-refractivity contribution in [3.63, 3.8) is 0 Å². The largest absolute Gasteiger partial charge is 0.342 e. The number of likely N-dealkylation sites (tertiary alicyclic amines) is 1. The van der Waals surface area contributed by atoms with Gasteiger partial charge in [0.25, 0.3) is 0 Å². The maximum atomic E-state index is 12.4. The molecule has 0 unspecified atom stereocenters. The van der Waals surface area contributed by atoms with E-state index in [4.69, 9.17) is 11.6 Å². The molecule has 0 bridgehead atoms. The molecule has 0 atom stereocenters. The molecular weight excluding hydrogens is 450 g/mol. The van der Waals surface area contributed by atoms with Crippen LogP contribution in [0.4, 0.5) is 5.82 Å². The molecule has 2 aromatic rings. The minimum atomic E-state index is -0.106. The van der Waals surface area contributed by atoms with E-state index in [-0.39, 0.29) is 17.7 Å². The van der Waals surface area contributed by atoms with Gasteiger partial charge in [-0.3, -0.25) is 9.59 Å². The van der Waals surface area contributed by atoms with Crippen molar-refractivity contribution in [2.45, 2.75) is 17.7 Å². The number of benzene rings is 1. The van der Waals surface area contributed by atoms with E-state index in [1.807, 2.05) is 29.2 Å². The standard InChI is InChI=1S/C19H19BrClN3O2S/c20-14-1-4-16(5-2-14)27-12-18(25)24-9-7-13(8-10-24)19(26)23-17-6-3-15(21)11-22-17/h1-6,11,13H,7-10,12H2,(H,22,23,26). The first-order chi connectivity index (χ1) is 13.0. The Bertz CT molecular complexity index is 794. The fraction of sp³-hybridized carbons (Fsp3) is 0.316. The number of carbonyl (C=O) groups excluding carboxylic acids is 2. The summed E-state index contributed by atoms with van der Waals surface area (Å²) in [5.41, 5.74) is 0. The number of nitrogens with one attached hydrogen (secondary N) is 1. The molecule has 0 aliphatic carbocycles. The lowest BCUT2D eigenvalue weighted by Gasteiger charge is -2.31. The lowest BCUT2D eigenvalue weighted by molar-refractivity contribution is -0.132. The zero-order valence-electron chi connectivity index (χ0n) is 14.5. The number of nitrogens with zero attached hydrogens (tertiary/aromatic N) is 2. The molecule has 5 nitrogen and oxygen atoms in total. The predicted octanol–water partition coefficient (Wildman–Crippen LogP) is 4.47. The van der Waals surface area contributed by atoms with Crippen molar-refractivity contribution >= 4 is 56.9 Å². The van der Waals surface area contributed by atoms with Crippen molar-refractivity contribution in [1.82, 2.24) is 9.88 Å². The molecule has 27 heavy (non-hydrogen) atoms. The summed E-state index contributed by atoms with van der Waals surface area (Å²) in [6.07, 6.45) is 2.82. The SMILES string of the molecule is O=C(Nc1ccc(Cl)cn1)C1CCN(C(=O)CSc2ccc(Br)cc2)CC1. The number of rotatable bonds is 5. The van der Waals surface area contributed by atoms with Gasteiger partial charge in [0, 0.05) is 34.6 Å². The highest BCUT2D eigenvalue weighted by atomic mass is 79.9. The van der Waals surface area contributed by atoms with Crippen LogP contribution in [0.5, 0.6) is 0 Å². The molecule has 0 radical (unpaired) electrons. The molecule has 2 amide bonds. The molecule has 0 spiro atoms. The maximum Gasteiger partial charge on any atom is 0.232 e. The number of amides is 2. The summed E-state index contributed by atoms with van der Waals surface area (Å²) in [5.74, 6) is 0.856. The number of hydrogen-bond acceptors (Lipinski definition) is 4. The molecule has 1 N–H and O–H groups in total. The average Bonchev–Trinajstić information content (AvgIpc) is 2.69. The summed E-state index contributed by atoms with van der Waals surface area (Å²) in [5, 5.41) is 3.34. The predicted molar refractivity (Wildman–Crippen MR) is 112 cm³/mol. The van der Waals surface area contributed by atoms with Crippen LogP contribution >= 0.6 is 39.3 Å². The van der Waals surface area contributed by atoms with Gasteiger partial charge in [0.15, 0.2) is 0 Å². The number of piperidine rings is 1. The molecular formula is C19H19BrClN3O2S. The van der Waals surface area contributed by atoms with Crippen molar-refractivity contribution in [3.8, 4) is 0 Å². The topological polar surface area (TPSA) is 62.3 Å². The van der Waals surface area contributed by atoms with Gasteiger partial charge in [-0.15, -0.1) is 11.8 Å². The van der Waals surface area contributed by atoms with Crippen LogP contribution in [0.2, 0.25) is 5.02 Å². The number of carbonyl (C=O) groups is 2. The first-order valence-corrected chi connectivity index (χ1v) is 10.8. The summed E-state index contributed by atoms with van der Waals surface area (Å²) in [6.45, 7) is 1.21. The number of aromatic nitrogens is 1. The van der Waals surface area contributed by atoms with Crippen molar-refractivity contribution in [1.29, 1.82) is 0 Å². The van der Waals surface area contributed by atoms with Crippen LogP contribution in [0.25, 0.3) is 0 Å². The highest BCUT2D eigenvalue weighted by molar-refractivity contribution is 9.10. The van der Waals surface area contributed by atoms with Crippen LogP contribution in [0.3, 0.4) is 0 Å². The van der Waals surface area contributed by atoms with E-state index in [1.54, 1.807) is 12.1 Å². The Balaban J connectivity index is 1.43. The monoisotopic (exact) mass is 467 g/mol. The van der Waals surface area contributed by atoms with Gasteiger partial charge in [0.05, 0.1) is 10.8 Å². The van der Waals surface area contributed by atoms with E-state index in [1.165, 1.54) is 18.0 Å². The number of anilines is 1. The van der Waals surface area contributed by atoms with E-state index in [2.05, 4.69) is 26.2 Å². The second-order valence-electron chi connectivity index (χ2n) is 6.25. The van der Waals surface area contributed by atoms with Crippen LogP contribution in [-0.2, 0) is 9.59 Å². The van der Waals surface area contributed by atoms with E-state index in [0.717, 1.165) is 9.37 Å². The summed E-state index contributed by atoms with van der Waals surface area (Å²) in [6, 6.07) is 11.3. The summed E-state index contributed by atoms with van der Waals surface area (Å²) in [7, 11) is 0. The second-order valence-corrected chi connectivity index (χ2v) is 8.65. The number of thioether (sulfide) groups is 1. The summed E-state index contributed by atoms with van der Waals surface area (Å²) >= 11 is 10.7. The molecule has 3 rings (SSSR count). The quantitative estimate of drug-likeness (QED) is 0.658. The van der Waals surface area contributed by atoms with Crippen LogP contribution < -0.4 is 5.32 Å². The van der Waals surface area contributed by atoms with Crippen LogP contribution in [0.15, 0.2) is 52.0 Å². The first kappa shape index (κ1) is 20.2. The molecule has 1 aliphatic rings. The van der Waals surface area contributed by atoms with E-state index in [0.29, 0.717) is 42.5 Å². The zero-order chi connectivity index (χ0) is 19.2. The Morgan fingerprint density at radius 1 is 1.19 bits per heavy atom. The highest BCUT2D eigenvalue weighted by Crippen LogP contribution is 2.23. The van der Waals surface area contributed by atoms with E-state index < -0.39 is 0 Å². The third-order valence-corrected chi connectivity index (χ3v) is 6.12. The highest BCUT2D eigenvalue weighted by Gasteiger charge is 2.27. The summed E-state index contributed by atoms with van der Waals surface area (Å²) < 4.78 is 1.02. The molecule has 1 aromatic heterocycles. The molecule has 1 saturated heterocycles. The number of halogens is 2. The van der Waals surface area contributed by atoms with Gasteiger partial charge in [-0.05, 0) is 49.2 Å². The van der Waals surface area contributed by atoms with Crippen molar-refractivity contribution < 1.29 is 9.59 Å². The molecule has 8 heteroatoms. The van der Waals surface area contributed by atoms with Gasteiger partial charge >= 0.3 is 0 Å². The lowest BCUT2D eigenvalue weighted by Crippen LogP contribution is -2.42. The minimum absolute atomic E-state index is 0.0545. The Labute approximate surface area is 176 Å². The molecule has 1 aliphatic heterocycles. The summed E-state index contributed by atoms with van der Waals surface area (Å²) in [4.78, 5) is 31.8. The molecule has 142 valence electrons. The fourth-order valence-corrected chi connectivity index (χ4v) is 4.01. The zero-order valence-corrected chi connectivity index (χ0v) is 17.7. The minimum Gasteiger partial charge on any atom is -0.342 e. The fourth-order valence-electron chi connectivity index (χ4n) is 2.84. The van der Waals surface area contributed by atoms with Crippen LogP contribution in [0.1, 0.15) is 12.8 Å². The number of pyridine rings is 1. The third-order valence-electron chi connectivity index (χ3n) is 4.37. The molecule has 1 aromatic carbocycles. The molecule has 2 heterocycles. The van der Waals surface area contributed by atoms with Crippen LogP contribution in [0, 0.1) is 5.92 Å². The average molecular weight is 469 g/mol. The van der Waals surface area contributed by atoms with Crippen molar-refractivity contribution in [2.75, 3.05) is 24.2 Å². The van der Waals surface area contributed by atoms with E-state index in [9.17, 15) is 9.59 Å². The van der Waals surface area contributed by atoms with Crippen LogP contribution in [-0.4, -0.2) is 40.5 Å². The first-order valence-electron chi connectivity index (χ1n) is 8.60. The Hall–Kier alpha value is -1.57. The molecule has 1 fully saturated rings. The third kappa shape index (κ3) is 5.96. The lowest BCUT2D eigenvalue weighted by atomic mass is 9.96. The van der Waals surface area contributed by atoms with Gasteiger partial charge in [0.1, 0.15) is 5.82 Å².